The summed E-state index contributed by atoms with van der Waals surface area (Å²) in [4.78, 5) is 27.2. The monoisotopic (exact) mass is 253 g/mol. The van der Waals surface area contributed by atoms with Crippen LogP contribution >= 0.6 is 0 Å². The fourth-order valence-corrected chi connectivity index (χ4v) is 1.97. The van der Waals surface area contributed by atoms with E-state index in [0.717, 1.165) is 32.6 Å². The van der Waals surface area contributed by atoms with Gasteiger partial charge >= 0.3 is 0 Å². The van der Waals surface area contributed by atoms with E-state index in [9.17, 15) is 9.59 Å². The third kappa shape index (κ3) is 4.87. The Morgan fingerprint density at radius 1 is 1.28 bits per heavy atom. The Hall–Kier alpha value is -1.36. The molecule has 0 unspecified atom stereocenters. The first-order valence-corrected chi connectivity index (χ1v) is 6.55. The summed E-state index contributed by atoms with van der Waals surface area (Å²) in [5, 5.41) is 2.75. The van der Waals surface area contributed by atoms with Gasteiger partial charge in [-0.15, -0.1) is 6.58 Å². The zero-order valence-electron chi connectivity index (χ0n) is 11.2. The minimum Gasteiger partial charge on any atom is -0.352 e. The van der Waals surface area contributed by atoms with Gasteiger partial charge in [-0.1, -0.05) is 13.0 Å². The lowest BCUT2D eigenvalue weighted by Gasteiger charge is -2.34. The van der Waals surface area contributed by atoms with Crippen molar-refractivity contribution in [2.45, 2.75) is 19.8 Å². The van der Waals surface area contributed by atoms with Gasteiger partial charge in [0.25, 0.3) is 0 Å². The van der Waals surface area contributed by atoms with Crippen molar-refractivity contribution in [3.05, 3.63) is 12.7 Å². The van der Waals surface area contributed by atoms with E-state index in [1.165, 1.54) is 0 Å². The summed E-state index contributed by atoms with van der Waals surface area (Å²) in [6.07, 6.45) is 3.18. The van der Waals surface area contributed by atoms with Crippen LogP contribution in [0.3, 0.4) is 0 Å². The number of hydrogen-bond donors (Lipinski definition) is 1. The van der Waals surface area contributed by atoms with Crippen LogP contribution in [0.15, 0.2) is 12.7 Å². The van der Waals surface area contributed by atoms with Crippen LogP contribution in [0.5, 0.6) is 0 Å². The number of nitrogens with zero attached hydrogens (tertiary/aromatic N) is 2. The first-order chi connectivity index (χ1) is 8.67. The lowest BCUT2D eigenvalue weighted by molar-refractivity contribution is -0.133. The number of amides is 2. The Labute approximate surface area is 109 Å². The summed E-state index contributed by atoms with van der Waals surface area (Å²) < 4.78 is 0. The van der Waals surface area contributed by atoms with Gasteiger partial charge in [0.15, 0.2) is 0 Å². The van der Waals surface area contributed by atoms with Crippen LogP contribution in [0.2, 0.25) is 0 Å². The molecule has 0 atom stereocenters. The number of nitrogens with one attached hydrogen (secondary N) is 1. The van der Waals surface area contributed by atoms with Gasteiger partial charge in [-0.2, -0.15) is 0 Å². The maximum absolute atomic E-state index is 11.7. The van der Waals surface area contributed by atoms with Gasteiger partial charge in [-0.25, -0.2) is 0 Å². The summed E-state index contributed by atoms with van der Waals surface area (Å²) in [5.74, 6) is 0.247. The Balaban J connectivity index is 2.24. The van der Waals surface area contributed by atoms with Crippen LogP contribution in [0, 0.1) is 0 Å². The van der Waals surface area contributed by atoms with Gasteiger partial charge in [-0.05, 0) is 6.42 Å². The molecule has 0 saturated carbocycles. The molecule has 1 aliphatic rings. The van der Waals surface area contributed by atoms with E-state index in [4.69, 9.17) is 0 Å². The minimum atomic E-state index is 0.0169. The molecule has 1 rings (SSSR count). The third-order valence-corrected chi connectivity index (χ3v) is 3.00. The molecule has 0 radical (unpaired) electrons. The molecule has 1 fully saturated rings. The molecule has 18 heavy (non-hydrogen) atoms. The fourth-order valence-electron chi connectivity index (χ4n) is 1.97. The minimum absolute atomic E-state index is 0.0169. The molecular weight excluding hydrogens is 230 g/mol. The average molecular weight is 253 g/mol. The quantitative estimate of drug-likeness (QED) is 0.690. The standard InChI is InChI=1S/C13H23N3O2/c1-3-5-13(18)16-9-7-15(8-10-16)11-12(17)14-6-4-2/h4H,2-3,5-11H2,1H3,(H,14,17). The van der Waals surface area contributed by atoms with E-state index < -0.39 is 0 Å². The van der Waals surface area contributed by atoms with Gasteiger partial charge in [0.05, 0.1) is 6.54 Å². The van der Waals surface area contributed by atoms with Crippen molar-refractivity contribution in [2.24, 2.45) is 0 Å². The summed E-state index contributed by atoms with van der Waals surface area (Å²) in [5.41, 5.74) is 0. The molecule has 0 aliphatic carbocycles. The number of hydrogen-bond acceptors (Lipinski definition) is 3. The molecule has 5 heteroatoms. The van der Waals surface area contributed by atoms with Crippen molar-refractivity contribution >= 4 is 11.8 Å². The highest BCUT2D eigenvalue weighted by Gasteiger charge is 2.21. The van der Waals surface area contributed by atoms with Gasteiger partial charge < -0.3 is 10.2 Å². The van der Waals surface area contributed by atoms with Gasteiger partial charge in [0.1, 0.15) is 0 Å². The lowest BCUT2D eigenvalue weighted by Crippen LogP contribution is -2.51. The van der Waals surface area contributed by atoms with E-state index in [2.05, 4.69) is 16.8 Å². The molecule has 102 valence electrons. The molecule has 2 amide bonds. The van der Waals surface area contributed by atoms with Crippen LogP contribution in [0.25, 0.3) is 0 Å². The van der Waals surface area contributed by atoms with Crippen molar-refractivity contribution < 1.29 is 9.59 Å². The predicted octanol–water partition coefficient (Wildman–Crippen LogP) is 0.233. The van der Waals surface area contributed by atoms with Crippen LogP contribution in [-0.2, 0) is 9.59 Å². The summed E-state index contributed by atoms with van der Waals surface area (Å²) in [6.45, 7) is 9.49. The maximum Gasteiger partial charge on any atom is 0.234 e. The Bertz CT molecular complexity index is 297. The molecule has 5 nitrogen and oxygen atoms in total. The summed E-state index contributed by atoms with van der Waals surface area (Å²) >= 11 is 0. The molecule has 1 N–H and O–H groups in total. The van der Waals surface area contributed by atoms with E-state index in [0.29, 0.717) is 19.5 Å². The molecule has 1 saturated heterocycles. The first kappa shape index (κ1) is 14.7. The SMILES string of the molecule is C=CCNC(=O)CN1CCN(C(=O)CCC)CC1. The van der Waals surface area contributed by atoms with Crippen LogP contribution in [0.1, 0.15) is 19.8 Å². The highest BCUT2D eigenvalue weighted by molar-refractivity contribution is 5.78. The topological polar surface area (TPSA) is 52.7 Å². The first-order valence-electron chi connectivity index (χ1n) is 6.55. The van der Waals surface area contributed by atoms with Crippen molar-refractivity contribution in [3.8, 4) is 0 Å². The Kier molecular flexibility index (Phi) is 6.43. The largest absolute Gasteiger partial charge is 0.352 e. The van der Waals surface area contributed by atoms with Crippen LogP contribution in [-0.4, -0.2) is 60.9 Å². The van der Waals surface area contributed by atoms with Gasteiger partial charge in [0, 0.05) is 39.1 Å². The van der Waals surface area contributed by atoms with Crippen molar-refractivity contribution in [3.63, 3.8) is 0 Å². The maximum atomic E-state index is 11.7. The second-order valence-electron chi connectivity index (χ2n) is 4.50. The second-order valence-corrected chi connectivity index (χ2v) is 4.50. The zero-order chi connectivity index (χ0) is 13.4. The van der Waals surface area contributed by atoms with Crippen LogP contribution < -0.4 is 5.32 Å². The predicted molar refractivity (Wildman–Crippen MR) is 71.1 cm³/mol. The van der Waals surface area contributed by atoms with Crippen molar-refractivity contribution in [1.29, 1.82) is 0 Å². The molecule has 1 aliphatic heterocycles. The normalized spacial score (nSPS) is 16.4. The molecule has 0 aromatic carbocycles. The average Bonchev–Trinajstić information content (AvgIpc) is 2.37. The molecule has 0 aromatic rings. The molecule has 0 aromatic heterocycles. The molecule has 1 heterocycles. The number of carbonyl (C=O) groups excluding carboxylic acids is 2. The Morgan fingerprint density at radius 3 is 2.50 bits per heavy atom. The van der Waals surface area contributed by atoms with Crippen molar-refractivity contribution in [1.82, 2.24) is 15.1 Å². The number of rotatable bonds is 6. The summed E-state index contributed by atoms with van der Waals surface area (Å²) in [7, 11) is 0. The van der Waals surface area contributed by atoms with E-state index in [1.54, 1.807) is 6.08 Å². The Morgan fingerprint density at radius 2 is 1.94 bits per heavy atom. The van der Waals surface area contributed by atoms with E-state index >= 15 is 0 Å². The number of piperazine rings is 1. The zero-order valence-corrected chi connectivity index (χ0v) is 11.2. The van der Waals surface area contributed by atoms with Crippen molar-refractivity contribution in [2.75, 3.05) is 39.3 Å². The molecule has 0 spiro atoms. The summed E-state index contributed by atoms with van der Waals surface area (Å²) in [6, 6.07) is 0. The highest BCUT2D eigenvalue weighted by atomic mass is 16.2. The van der Waals surface area contributed by atoms with Gasteiger partial charge in [-0.3, -0.25) is 14.5 Å². The third-order valence-electron chi connectivity index (χ3n) is 3.00. The number of carbonyl (C=O) groups is 2. The lowest BCUT2D eigenvalue weighted by atomic mass is 10.2. The van der Waals surface area contributed by atoms with E-state index in [-0.39, 0.29) is 11.8 Å². The van der Waals surface area contributed by atoms with Crippen LogP contribution in [0.4, 0.5) is 0 Å². The van der Waals surface area contributed by atoms with E-state index in [1.807, 2.05) is 11.8 Å². The second kappa shape index (κ2) is 7.87. The smallest absolute Gasteiger partial charge is 0.234 e. The fraction of sp³-hybridized carbons (Fsp3) is 0.692. The molecule has 0 bridgehead atoms. The highest BCUT2D eigenvalue weighted by Crippen LogP contribution is 2.04. The van der Waals surface area contributed by atoms with Gasteiger partial charge in [0.2, 0.25) is 11.8 Å². The molecular formula is C13H23N3O2.